The Morgan fingerprint density at radius 3 is 2.93 bits per heavy atom. The summed E-state index contributed by atoms with van der Waals surface area (Å²) in [6.45, 7) is 0. The number of hydrogen-bond acceptors (Lipinski definition) is 3. The molecule has 3 nitrogen and oxygen atoms in total. The minimum atomic E-state index is 0.520. The maximum absolute atomic E-state index is 4.93. The number of aromatic nitrogens is 3. The molecule has 0 spiro atoms. The Labute approximate surface area is 86.9 Å². The van der Waals surface area contributed by atoms with Gasteiger partial charge in [-0.05, 0) is 29.9 Å². The fourth-order valence-corrected chi connectivity index (χ4v) is 1.42. The van der Waals surface area contributed by atoms with Crippen LogP contribution < -0.4 is 0 Å². The topological polar surface area (TPSA) is 41.6 Å². The van der Waals surface area contributed by atoms with Gasteiger partial charge in [0.1, 0.15) is 0 Å². The lowest BCUT2D eigenvalue weighted by molar-refractivity contribution is 1.00. The minimum absolute atomic E-state index is 0.520. The molecule has 0 aliphatic rings. The molecule has 0 aromatic carbocycles. The minimum Gasteiger partial charge on any atom is -0.334 e. The van der Waals surface area contributed by atoms with Gasteiger partial charge in [0, 0.05) is 30.7 Å². The van der Waals surface area contributed by atoms with Crippen molar-refractivity contribution in [3.05, 3.63) is 52.8 Å². The van der Waals surface area contributed by atoms with Crippen molar-refractivity contribution in [2.45, 2.75) is 6.42 Å². The first kappa shape index (κ1) is 9.02. The van der Waals surface area contributed by atoms with Crippen molar-refractivity contribution >= 4 is 12.2 Å². The summed E-state index contributed by atoms with van der Waals surface area (Å²) in [7, 11) is 0. The summed E-state index contributed by atoms with van der Waals surface area (Å²) in [5.41, 5.74) is 2.21. The highest BCUT2D eigenvalue weighted by Gasteiger charge is 1.95. The van der Waals surface area contributed by atoms with Gasteiger partial charge in [0.15, 0.2) is 4.77 Å². The molecule has 2 aromatic rings. The first-order valence-electron chi connectivity index (χ1n) is 4.28. The predicted molar refractivity (Wildman–Crippen MR) is 56.5 cm³/mol. The quantitative estimate of drug-likeness (QED) is 0.760. The van der Waals surface area contributed by atoms with Crippen molar-refractivity contribution in [1.82, 2.24) is 15.0 Å². The van der Waals surface area contributed by atoms with Crippen LogP contribution in [0.2, 0.25) is 0 Å². The van der Waals surface area contributed by atoms with Gasteiger partial charge in [0.05, 0.1) is 0 Å². The summed E-state index contributed by atoms with van der Waals surface area (Å²) in [5, 5.41) is 0. The summed E-state index contributed by atoms with van der Waals surface area (Å²) >= 11 is 4.93. The molecule has 70 valence electrons. The van der Waals surface area contributed by atoms with Crippen molar-refractivity contribution in [3.8, 4) is 0 Å². The van der Waals surface area contributed by atoms with Gasteiger partial charge >= 0.3 is 0 Å². The molecule has 4 heteroatoms. The molecule has 0 aliphatic heterocycles. The average molecular weight is 203 g/mol. The molecule has 2 rings (SSSR count). The zero-order chi connectivity index (χ0) is 9.80. The third-order valence-corrected chi connectivity index (χ3v) is 2.06. The largest absolute Gasteiger partial charge is 0.334 e. The molecule has 1 N–H and O–H groups in total. The van der Waals surface area contributed by atoms with Crippen molar-refractivity contribution < 1.29 is 0 Å². The van der Waals surface area contributed by atoms with Crippen LogP contribution in [0, 0.1) is 4.77 Å². The van der Waals surface area contributed by atoms with E-state index in [0.717, 1.165) is 17.7 Å². The second-order valence-corrected chi connectivity index (χ2v) is 3.32. The first-order valence-corrected chi connectivity index (χ1v) is 4.68. The standard InChI is InChI=1S/C10H9N3S/c14-10-12-5-3-9(13-10)6-8-2-1-4-11-7-8/h1-5,7H,6H2,(H,12,13,14). The lowest BCUT2D eigenvalue weighted by Gasteiger charge is -2.00. The van der Waals surface area contributed by atoms with E-state index in [-0.39, 0.29) is 0 Å². The number of nitrogens with one attached hydrogen (secondary N) is 1. The Hall–Kier alpha value is -1.55. The summed E-state index contributed by atoms with van der Waals surface area (Å²) < 4.78 is 0.520. The number of rotatable bonds is 2. The molecule has 0 saturated carbocycles. The molecule has 0 aliphatic carbocycles. The fraction of sp³-hybridized carbons (Fsp3) is 0.100. The summed E-state index contributed by atoms with van der Waals surface area (Å²) in [5.74, 6) is 0. The Bertz CT molecular complexity index is 464. The third kappa shape index (κ3) is 2.23. The molecular formula is C10H9N3S. The van der Waals surface area contributed by atoms with Crippen LogP contribution in [-0.2, 0) is 6.42 Å². The smallest absolute Gasteiger partial charge is 0.196 e. The van der Waals surface area contributed by atoms with Crippen molar-refractivity contribution in [2.24, 2.45) is 0 Å². The second kappa shape index (κ2) is 4.11. The number of aromatic amines is 1. The molecule has 2 heterocycles. The molecule has 14 heavy (non-hydrogen) atoms. The summed E-state index contributed by atoms with van der Waals surface area (Å²) in [6.07, 6.45) is 6.13. The molecule has 0 radical (unpaired) electrons. The van der Waals surface area contributed by atoms with Crippen LogP contribution in [0.15, 0.2) is 36.8 Å². The molecule has 0 amide bonds. The van der Waals surface area contributed by atoms with E-state index in [1.165, 1.54) is 0 Å². The Balaban J connectivity index is 2.24. The van der Waals surface area contributed by atoms with E-state index in [0.29, 0.717) is 4.77 Å². The molecule has 0 unspecified atom stereocenters. The van der Waals surface area contributed by atoms with E-state index in [1.807, 2.05) is 24.4 Å². The van der Waals surface area contributed by atoms with Gasteiger partial charge in [0.25, 0.3) is 0 Å². The van der Waals surface area contributed by atoms with Crippen LogP contribution in [0.25, 0.3) is 0 Å². The summed E-state index contributed by atoms with van der Waals surface area (Å²) in [6, 6.07) is 5.87. The molecular weight excluding hydrogens is 194 g/mol. The molecule has 2 aromatic heterocycles. The van der Waals surface area contributed by atoms with Crippen LogP contribution in [0.4, 0.5) is 0 Å². The van der Waals surface area contributed by atoms with Gasteiger partial charge in [-0.1, -0.05) is 6.07 Å². The van der Waals surface area contributed by atoms with Crippen molar-refractivity contribution in [2.75, 3.05) is 0 Å². The average Bonchev–Trinajstić information content (AvgIpc) is 2.19. The van der Waals surface area contributed by atoms with Crippen molar-refractivity contribution in [1.29, 1.82) is 0 Å². The van der Waals surface area contributed by atoms with Crippen LogP contribution in [0.5, 0.6) is 0 Å². The lowest BCUT2D eigenvalue weighted by Crippen LogP contribution is -1.93. The zero-order valence-electron chi connectivity index (χ0n) is 7.47. The molecule has 0 bridgehead atoms. The van der Waals surface area contributed by atoms with Gasteiger partial charge in [-0.25, -0.2) is 4.98 Å². The SMILES string of the molecule is S=c1nccc(Cc2cccnc2)[nH]1. The maximum atomic E-state index is 4.93. The van der Waals surface area contributed by atoms with Crippen molar-refractivity contribution in [3.63, 3.8) is 0 Å². The predicted octanol–water partition coefficient (Wildman–Crippen LogP) is 2.12. The highest BCUT2D eigenvalue weighted by molar-refractivity contribution is 7.71. The number of nitrogens with zero attached hydrogens (tertiary/aromatic N) is 2. The van der Waals surface area contributed by atoms with Gasteiger partial charge in [-0.3, -0.25) is 4.98 Å². The first-order chi connectivity index (χ1) is 6.84. The fourth-order valence-electron chi connectivity index (χ4n) is 1.23. The van der Waals surface area contributed by atoms with E-state index in [9.17, 15) is 0 Å². The second-order valence-electron chi connectivity index (χ2n) is 2.94. The van der Waals surface area contributed by atoms with Crippen LogP contribution in [0.3, 0.4) is 0 Å². The van der Waals surface area contributed by atoms with Gasteiger partial charge in [-0.2, -0.15) is 0 Å². The normalized spacial score (nSPS) is 10.0. The van der Waals surface area contributed by atoms with E-state index >= 15 is 0 Å². The number of hydrogen-bond donors (Lipinski definition) is 1. The molecule has 0 saturated heterocycles. The van der Waals surface area contributed by atoms with Crippen LogP contribution >= 0.6 is 12.2 Å². The monoisotopic (exact) mass is 203 g/mol. The third-order valence-electron chi connectivity index (χ3n) is 1.85. The Morgan fingerprint density at radius 1 is 1.29 bits per heavy atom. The zero-order valence-corrected chi connectivity index (χ0v) is 8.29. The van der Waals surface area contributed by atoms with E-state index in [1.54, 1.807) is 12.4 Å². The Kier molecular flexibility index (Phi) is 2.65. The highest BCUT2D eigenvalue weighted by atomic mass is 32.1. The van der Waals surface area contributed by atoms with Gasteiger partial charge in [0.2, 0.25) is 0 Å². The van der Waals surface area contributed by atoms with Crippen LogP contribution in [-0.4, -0.2) is 15.0 Å². The summed E-state index contributed by atoms with van der Waals surface area (Å²) in [4.78, 5) is 11.0. The highest BCUT2D eigenvalue weighted by Crippen LogP contribution is 2.03. The van der Waals surface area contributed by atoms with Gasteiger partial charge < -0.3 is 4.98 Å². The van der Waals surface area contributed by atoms with Crippen LogP contribution in [0.1, 0.15) is 11.3 Å². The Morgan fingerprint density at radius 2 is 2.21 bits per heavy atom. The lowest BCUT2D eigenvalue weighted by atomic mass is 10.1. The molecule has 0 atom stereocenters. The maximum Gasteiger partial charge on any atom is 0.196 e. The van der Waals surface area contributed by atoms with E-state index in [4.69, 9.17) is 12.2 Å². The number of pyridine rings is 1. The van der Waals surface area contributed by atoms with E-state index < -0.39 is 0 Å². The van der Waals surface area contributed by atoms with E-state index in [2.05, 4.69) is 15.0 Å². The van der Waals surface area contributed by atoms with Gasteiger partial charge in [-0.15, -0.1) is 0 Å². The molecule has 0 fully saturated rings. The number of H-pyrrole nitrogens is 1.